The van der Waals surface area contributed by atoms with Crippen molar-refractivity contribution in [3.8, 4) is 17.7 Å². The lowest BCUT2D eigenvalue weighted by atomic mass is 10.2. The van der Waals surface area contributed by atoms with Crippen LogP contribution in [-0.2, 0) is 6.54 Å². The average Bonchev–Trinajstić information content (AvgIpc) is 3.06. The molecule has 19 heavy (non-hydrogen) atoms. The molecule has 2 aromatic heterocycles. The number of aryl methyl sites for hydroxylation is 1. The summed E-state index contributed by atoms with van der Waals surface area (Å²) in [5, 5.41) is 8.96. The SMILES string of the molecule is CCCn1c(-c2ccco2)nc2cc(C#N)ccc21. The van der Waals surface area contributed by atoms with E-state index >= 15 is 0 Å². The molecule has 94 valence electrons. The third kappa shape index (κ3) is 1.89. The maximum Gasteiger partial charge on any atom is 0.177 e. The number of imidazole rings is 1. The van der Waals surface area contributed by atoms with E-state index in [1.54, 1.807) is 6.26 Å². The first-order chi connectivity index (χ1) is 9.33. The molecule has 4 nitrogen and oxygen atoms in total. The zero-order valence-electron chi connectivity index (χ0n) is 10.6. The van der Waals surface area contributed by atoms with Crippen LogP contribution in [0, 0.1) is 11.3 Å². The minimum absolute atomic E-state index is 0.625. The van der Waals surface area contributed by atoms with Crippen molar-refractivity contribution < 1.29 is 4.42 Å². The lowest BCUT2D eigenvalue weighted by molar-refractivity contribution is 0.568. The summed E-state index contributed by atoms with van der Waals surface area (Å²) in [6, 6.07) is 11.5. The lowest BCUT2D eigenvalue weighted by Gasteiger charge is -2.05. The van der Waals surface area contributed by atoms with Crippen LogP contribution in [0.5, 0.6) is 0 Å². The summed E-state index contributed by atoms with van der Waals surface area (Å²) in [5.41, 5.74) is 2.49. The summed E-state index contributed by atoms with van der Waals surface area (Å²) in [7, 11) is 0. The Bertz CT molecular complexity index is 748. The van der Waals surface area contributed by atoms with Gasteiger partial charge in [-0.25, -0.2) is 4.98 Å². The standard InChI is InChI=1S/C15H13N3O/c1-2-7-18-13-6-5-11(10-16)9-12(13)17-15(18)14-4-3-8-19-14/h3-6,8-9H,2,7H2,1H3. The summed E-state index contributed by atoms with van der Waals surface area (Å²) in [6.07, 6.45) is 2.66. The molecule has 0 N–H and O–H groups in total. The zero-order chi connectivity index (χ0) is 13.2. The first-order valence-corrected chi connectivity index (χ1v) is 6.27. The molecule has 0 saturated heterocycles. The normalized spacial score (nSPS) is 10.7. The van der Waals surface area contributed by atoms with Crippen LogP contribution in [0.1, 0.15) is 18.9 Å². The molecular formula is C15H13N3O. The molecule has 0 aliphatic heterocycles. The molecule has 0 aliphatic rings. The third-order valence-corrected chi connectivity index (χ3v) is 3.07. The van der Waals surface area contributed by atoms with Gasteiger partial charge in [-0.15, -0.1) is 0 Å². The van der Waals surface area contributed by atoms with Crippen LogP contribution in [0.2, 0.25) is 0 Å². The number of rotatable bonds is 3. The molecule has 0 saturated carbocycles. The Labute approximate surface area is 110 Å². The smallest absolute Gasteiger partial charge is 0.177 e. The van der Waals surface area contributed by atoms with E-state index in [0.717, 1.165) is 35.6 Å². The van der Waals surface area contributed by atoms with Crippen LogP contribution in [-0.4, -0.2) is 9.55 Å². The Balaban J connectivity index is 2.26. The maximum absolute atomic E-state index is 8.96. The molecule has 0 amide bonds. The summed E-state index contributed by atoms with van der Waals surface area (Å²) >= 11 is 0. The van der Waals surface area contributed by atoms with E-state index in [-0.39, 0.29) is 0 Å². The molecule has 0 spiro atoms. The van der Waals surface area contributed by atoms with Crippen LogP contribution in [0.25, 0.3) is 22.6 Å². The number of nitrogens with zero attached hydrogens (tertiary/aromatic N) is 3. The van der Waals surface area contributed by atoms with Gasteiger partial charge in [-0.3, -0.25) is 0 Å². The predicted molar refractivity (Wildman–Crippen MR) is 72.4 cm³/mol. The Morgan fingerprint density at radius 1 is 1.37 bits per heavy atom. The molecular weight excluding hydrogens is 238 g/mol. The van der Waals surface area contributed by atoms with Crippen molar-refractivity contribution in [1.82, 2.24) is 9.55 Å². The second kappa shape index (κ2) is 4.62. The molecule has 0 radical (unpaired) electrons. The monoisotopic (exact) mass is 251 g/mol. The van der Waals surface area contributed by atoms with E-state index in [0.29, 0.717) is 5.56 Å². The molecule has 2 heterocycles. The van der Waals surface area contributed by atoms with Gasteiger partial charge in [-0.2, -0.15) is 5.26 Å². The zero-order valence-corrected chi connectivity index (χ0v) is 10.6. The molecule has 3 rings (SSSR count). The highest BCUT2D eigenvalue weighted by Crippen LogP contribution is 2.26. The fourth-order valence-electron chi connectivity index (χ4n) is 2.24. The predicted octanol–water partition coefficient (Wildman–Crippen LogP) is 3.58. The van der Waals surface area contributed by atoms with Gasteiger partial charge in [0.05, 0.1) is 28.9 Å². The summed E-state index contributed by atoms with van der Waals surface area (Å²) in [4.78, 5) is 4.60. The van der Waals surface area contributed by atoms with Crippen LogP contribution in [0.4, 0.5) is 0 Å². The van der Waals surface area contributed by atoms with E-state index in [9.17, 15) is 0 Å². The molecule has 0 bridgehead atoms. The van der Waals surface area contributed by atoms with Gasteiger partial charge < -0.3 is 8.98 Å². The third-order valence-electron chi connectivity index (χ3n) is 3.07. The quantitative estimate of drug-likeness (QED) is 0.715. The summed E-state index contributed by atoms with van der Waals surface area (Å²) in [6.45, 7) is 3.00. The molecule has 1 aromatic carbocycles. The number of fused-ring (bicyclic) bond motifs is 1. The van der Waals surface area contributed by atoms with Crippen LogP contribution < -0.4 is 0 Å². The second-order valence-corrected chi connectivity index (χ2v) is 4.38. The number of aromatic nitrogens is 2. The Morgan fingerprint density at radius 3 is 2.95 bits per heavy atom. The second-order valence-electron chi connectivity index (χ2n) is 4.38. The topological polar surface area (TPSA) is 54.8 Å². The minimum Gasteiger partial charge on any atom is -0.461 e. The number of benzene rings is 1. The largest absolute Gasteiger partial charge is 0.461 e. The highest BCUT2D eigenvalue weighted by Gasteiger charge is 2.14. The number of hydrogen-bond donors (Lipinski definition) is 0. The van der Waals surface area contributed by atoms with Crippen LogP contribution in [0.3, 0.4) is 0 Å². The van der Waals surface area contributed by atoms with Crippen molar-refractivity contribution in [3.05, 3.63) is 42.2 Å². The van der Waals surface area contributed by atoms with Crippen molar-refractivity contribution in [3.63, 3.8) is 0 Å². The summed E-state index contributed by atoms with van der Waals surface area (Å²) in [5.74, 6) is 1.57. The van der Waals surface area contributed by atoms with E-state index in [1.807, 2.05) is 30.3 Å². The van der Waals surface area contributed by atoms with E-state index in [1.165, 1.54) is 0 Å². The first kappa shape index (κ1) is 11.5. The summed E-state index contributed by atoms with van der Waals surface area (Å²) < 4.78 is 7.58. The average molecular weight is 251 g/mol. The van der Waals surface area contributed by atoms with Crippen molar-refractivity contribution >= 4 is 11.0 Å². The van der Waals surface area contributed by atoms with Crippen molar-refractivity contribution in [1.29, 1.82) is 5.26 Å². The molecule has 0 unspecified atom stereocenters. The fourth-order valence-corrected chi connectivity index (χ4v) is 2.24. The Morgan fingerprint density at radius 2 is 2.26 bits per heavy atom. The van der Waals surface area contributed by atoms with Gasteiger partial charge in [0.1, 0.15) is 0 Å². The van der Waals surface area contributed by atoms with E-state index < -0.39 is 0 Å². The fraction of sp³-hybridized carbons (Fsp3) is 0.200. The Hall–Kier alpha value is -2.54. The number of nitriles is 1. The number of hydrogen-bond acceptors (Lipinski definition) is 3. The van der Waals surface area contributed by atoms with Gasteiger partial charge in [0.25, 0.3) is 0 Å². The van der Waals surface area contributed by atoms with Crippen LogP contribution >= 0.6 is 0 Å². The van der Waals surface area contributed by atoms with Gasteiger partial charge in [-0.05, 0) is 36.8 Å². The molecule has 0 atom stereocenters. The number of furan rings is 1. The van der Waals surface area contributed by atoms with Gasteiger partial charge in [0.2, 0.25) is 0 Å². The lowest BCUT2D eigenvalue weighted by Crippen LogP contribution is -1.98. The maximum atomic E-state index is 8.96. The highest BCUT2D eigenvalue weighted by atomic mass is 16.3. The molecule has 0 aliphatic carbocycles. The highest BCUT2D eigenvalue weighted by molar-refractivity contribution is 5.81. The van der Waals surface area contributed by atoms with Gasteiger partial charge in [0.15, 0.2) is 11.6 Å². The van der Waals surface area contributed by atoms with Crippen molar-refractivity contribution in [2.45, 2.75) is 19.9 Å². The van der Waals surface area contributed by atoms with Gasteiger partial charge in [-0.1, -0.05) is 6.92 Å². The minimum atomic E-state index is 0.625. The van der Waals surface area contributed by atoms with E-state index in [4.69, 9.17) is 9.68 Å². The van der Waals surface area contributed by atoms with E-state index in [2.05, 4.69) is 22.5 Å². The molecule has 3 aromatic rings. The molecule has 4 heteroatoms. The molecule has 0 fully saturated rings. The van der Waals surface area contributed by atoms with Crippen LogP contribution in [0.15, 0.2) is 41.0 Å². The van der Waals surface area contributed by atoms with Gasteiger partial charge >= 0.3 is 0 Å². The van der Waals surface area contributed by atoms with Crippen molar-refractivity contribution in [2.75, 3.05) is 0 Å². The first-order valence-electron chi connectivity index (χ1n) is 6.27. The Kier molecular flexibility index (Phi) is 2.81. The van der Waals surface area contributed by atoms with Crippen molar-refractivity contribution in [2.24, 2.45) is 0 Å². The van der Waals surface area contributed by atoms with Gasteiger partial charge in [0, 0.05) is 6.54 Å².